The number of anilines is 1. The van der Waals surface area contributed by atoms with Crippen LogP contribution in [0.25, 0.3) is 6.08 Å². The van der Waals surface area contributed by atoms with Crippen molar-refractivity contribution in [3.05, 3.63) is 89.6 Å². The fourth-order valence-electron chi connectivity index (χ4n) is 2.73. The molecule has 1 aliphatic rings. The number of pyridine rings is 1. The lowest BCUT2D eigenvalue weighted by atomic mass is 10.2. The van der Waals surface area contributed by atoms with Gasteiger partial charge in [0.2, 0.25) is 0 Å². The second-order valence-electron chi connectivity index (χ2n) is 5.94. The second-order valence-corrected chi connectivity index (χ2v) is 6.95. The van der Waals surface area contributed by atoms with E-state index in [1.165, 1.54) is 11.8 Å². The van der Waals surface area contributed by atoms with Crippen LogP contribution in [0.1, 0.15) is 5.69 Å². The Hall–Kier alpha value is -3.38. The van der Waals surface area contributed by atoms with E-state index in [9.17, 15) is 4.79 Å². The van der Waals surface area contributed by atoms with Crippen LogP contribution in [-0.4, -0.2) is 23.2 Å². The second kappa shape index (κ2) is 8.10. The Balaban J connectivity index is 1.76. The molecule has 6 heteroatoms. The monoisotopic (exact) mass is 387 g/mol. The van der Waals surface area contributed by atoms with Crippen LogP contribution in [0.3, 0.4) is 0 Å². The van der Waals surface area contributed by atoms with Crippen molar-refractivity contribution in [3.63, 3.8) is 0 Å². The van der Waals surface area contributed by atoms with Gasteiger partial charge in [0.15, 0.2) is 5.17 Å². The molecule has 3 aromatic rings. The Morgan fingerprint density at radius 1 is 1.04 bits per heavy atom. The summed E-state index contributed by atoms with van der Waals surface area (Å²) in [6.07, 6.45) is 3.42. The number of amides is 1. The number of benzene rings is 2. The lowest BCUT2D eigenvalue weighted by Gasteiger charge is -2.15. The molecule has 0 spiro atoms. The first kappa shape index (κ1) is 18.0. The SMILES string of the molecule is COc1ccnc(/C=C2\SC(=Nc3ccccc3)N(c3ccccc3)C2=O)c1. The Kier molecular flexibility index (Phi) is 5.21. The number of hydrogen-bond acceptors (Lipinski definition) is 5. The number of aliphatic imine (C=N–C) groups is 1. The van der Waals surface area contributed by atoms with Gasteiger partial charge in [-0.05, 0) is 48.2 Å². The topological polar surface area (TPSA) is 54.8 Å². The van der Waals surface area contributed by atoms with Crippen molar-refractivity contribution in [1.82, 2.24) is 4.98 Å². The van der Waals surface area contributed by atoms with E-state index in [4.69, 9.17) is 9.73 Å². The summed E-state index contributed by atoms with van der Waals surface area (Å²) < 4.78 is 5.24. The highest BCUT2D eigenvalue weighted by molar-refractivity contribution is 8.19. The van der Waals surface area contributed by atoms with Crippen molar-refractivity contribution in [2.45, 2.75) is 0 Å². The molecule has 0 bridgehead atoms. The number of para-hydroxylation sites is 2. The fraction of sp³-hybridized carbons (Fsp3) is 0.0455. The summed E-state index contributed by atoms with van der Waals surface area (Å²) in [7, 11) is 1.60. The van der Waals surface area contributed by atoms with Crippen LogP contribution in [0.4, 0.5) is 11.4 Å². The molecule has 2 aromatic carbocycles. The van der Waals surface area contributed by atoms with Gasteiger partial charge >= 0.3 is 0 Å². The predicted octanol–water partition coefficient (Wildman–Crippen LogP) is 4.90. The minimum Gasteiger partial charge on any atom is -0.497 e. The molecule has 5 nitrogen and oxygen atoms in total. The Bertz CT molecular complexity index is 1050. The number of nitrogens with zero attached hydrogens (tertiary/aromatic N) is 3. The van der Waals surface area contributed by atoms with Gasteiger partial charge in [0.05, 0.1) is 29.1 Å². The van der Waals surface area contributed by atoms with Crippen LogP contribution in [-0.2, 0) is 4.79 Å². The molecule has 0 aliphatic carbocycles. The summed E-state index contributed by atoms with van der Waals surface area (Å²) in [6.45, 7) is 0. The minimum atomic E-state index is -0.129. The first-order valence-corrected chi connectivity index (χ1v) is 9.49. The third-order valence-electron chi connectivity index (χ3n) is 4.07. The third kappa shape index (κ3) is 3.82. The van der Waals surface area contributed by atoms with Gasteiger partial charge in [-0.1, -0.05) is 36.4 Å². The first-order chi connectivity index (χ1) is 13.7. The molecule has 1 aliphatic heterocycles. The van der Waals surface area contributed by atoms with Gasteiger partial charge in [0.25, 0.3) is 5.91 Å². The molecular formula is C22H17N3O2S. The number of hydrogen-bond donors (Lipinski definition) is 0. The summed E-state index contributed by atoms with van der Waals surface area (Å²) in [5.41, 5.74) is 2.22. The van der Waals surface area contributed by atoms with E-state index in [1.54, 1.807) is 36.4 Å². The molecule has 138 valence electrons. The summed E-state index contributed by atoms with van der Waals surface area (Å²) in [5.74, 6) is 0.561. The molecule has 28 heavy (non-hydrogen) atoms. The smallest absolute Gasteiger partial charge is 0.271 e. The van der Waals surface area contributed by atoms with Gasteiger partial charge in [-0.15, -0.1) is 0 Å². The lowest BCUT2D eigenvalue weighted by molar-refractivity contribution is -0.113. The van der Waals surface area contributed by atoms with Gasteiger partial charge in [0.1, 0.15) is 5.75 Å². The van der Waals surface area contributed by atoms with Gasteiger partial charge < -0.3 is 4.74 Å². The van der Waals surface area contributed by atoms with Crippen LogP contribution in [0, 0.1) is 0 Å². The molecule has 1 saturated heterocycles. The number of rotatable bonds is 4. The van der Waals surface area contributed by atoms with E-state index >= 15 is 0 Å². The van der Waals surface area contributed by atoms with Gasteiger partial charge in [0, 0.05) is 12.3 Å². The number of aromatic nitrogens is 1. The highest BCUT2D eigenvalue weighted by atomic mass is 32.2. The summed E-state index contributed by atoms with van der Waals surface area (Å²) in [4.78, 5) is 24.3. The Morgan fingerprint density at radius 2 is 1.75 bits per heavy atom. The lowest BCUT2D eigenvalue weighted by Crippen LogP contribution is -2.28. The van der Waals surface area contributed by atoms with Crippen molar-refractivity contribution in [3.8, 4) is 5.75 Å². The number of amidine groups is 1. The molecule has 1 fully saturated rings. The van der Waals surface area contributed by atoms with E-state index in [-0.39, 0.29) is 5.91 Å². The van der Waals surface area contributed by atoms with E-state index in [0.29, 0.717) is 21.5 Å². The van der Waals surface area contributed by atoms with Crippen LogP contribution < -0.4 is 9.64 Å². The van der Waals surface area contributed by atoms with E-state index in [0.717, 1.165) is 11.4 Å². The molecular weight excluding hydrogens is 370 g/mol. The minimum absolute atomic E-state index is 0.129. The standard InChI is InChI=1S/C22H17N3O2S/c1-27-19-12-13-23-17(14-19)15-20-21(26)25(18-10-6-3-7-11-18)22(28-20)24-16-8-4-2-5-9-16/h2-15H,1H3/b20-15-,24-22?. The molecule has 0 atom stereocenters. The van der Waals surface area contributed by atoms with Crippen molar-refractivity contribution in [2.24, 2.45) is 4.99 Å². The molecule has 1 amide bonds. The zero-order valence-electron chi connectivity index (χ0n) is 15.1. The summed E-state index contributed by atoms with van der Waals surface area (Å²) in [5, 5.41) is 0.608. The maximum absolute atomic E-state index is 13.2. The molecule has 0 saturated carbocycles. The third-order valence-corrected chi connectivity index (χ3v) is 5.04. The van der Waals surface area contributed by atoms with Crippen LogP contribution in [0.5, 0.6) is 5.75 Å². The molecule has 1 aromatic heterocycles. The first-order valence-electron chi connectivity index (χ1n) is 8.67. The predicted molar refractivity (Wildman–Crippen MR) is 114 cm³/mol. The maximum Gasteiger partial charge on any atom is 0.271 e. The van der Waals surface area contributed by atoms with Crippen molar-refractivity contribution in [1.29, 1.82) is 0 Å². The number of methoxy groups -OCH3 is 1. The molecule has 4 rings (SSSR count). The highest BCUT2D eigenvalue weighted by Gasteiger charge is 2.34. The van der Waals surface area contributed by atoms with Crippen LogP contribution >= 0.6 is 11.8 Å². The summed E-state index contributed by atoms with van der Waals surface area (Å²) >= 11 is 1.33. The fourth-order valence-corrected chi connectivity index (χ4v) is 3.72. The van der Waals surface area contributed by atoms with Crippen molar-refractivity contribution < 1.29 is 9.53 Å². The molecule has 2 heterocycles. The number of thioether (sulfide) groups is 1. The summed E-state index contributed by atoms with van der Waals surface area (Å²) in [6, 6.07) is 22.7. The van der Waals surface area contributed by atoms with E-state index in [2.05, 4.69) is 4.98 Å². The normalized spacial score (nSPS) is 16.8. The largest absolute Gasteiger partial charge is 0.497 e. The highest BCUT2D eigenvalue weighted by Crippen LogP contribution is 2.37. The van der Waals surface area contributed by atoms with Crippen molar-refractivity contribution >= 4 is 40.3 Å². The maximum atomic E-state index is 13.2. The van der Waals surface area contributed by atoms with Gasteiger partial charge in [-0.25, -0.2) is 4.99 Å². The average molecular weight is 387 g/mol. The number of carbonyl (C=O) groups excluding carboxylic acids is 1. The van der Waals surface area contributed by atoms with E-state index < -0.39 is 0 Å². The zero-order chi connectivity index (χ0) is 19.3. The van der Waals surface area contributed by atoms with Crippen LogP contribution in [0.2, 0.25) is 0 Å². The quantitative estimate of drug-likeness (QED) is 0.598. The van der Waals surface area contributed by atoms with Gasteiger partial charge in [-0.2, -0.15) is 0 Å². The molecule has 0 radical (unpaired) electrons. The van der Waals surface area contributed by atoms with Gasteiger partial charge in [-0.3, -0.25) is 14.7 Å². The molecule has 0 N–H and O–H groups in total. The van der Waals surface area contributed by atoms with Crippen LogP contribution in [0.15, 0.2) is 88.9 Å². The number of carbonyl (C=O) groups is 1. The van der Waals surface area contributed by atoms with Crippen molar-refractivity contribution in [2.75, 3.05) is 12.0 Å². The Morgan fingerprint density at radius 3 is 2.46 bits per heavy atom. The zero-order valence-corrected chi connectivity index (χ0v) is 16.0. The number of ether oxygens (including phenoxy) is 1. The van der Waals surface area contributed by atoms with E-state index in [1.807, 2.05) is 60.7 Å². The Labute approximate surface area is 167 Å². The molecule has 0 unspecified atom stereocenters. The average Bonchev–Trinajstić information content (AvgIpc) is 3.04.